The van der Waals surface area contributed by atoms with Crippen LogP contribution in [0.3, 0.4) is 0 Å². The Morgan fingerprint density at radius 2 is 2.06 bits per heavy atom. The molecule has 1 saturated heterocycles. The molecule has 96 valence electrons. The van der Waals surface area contributed by atoms with E-state index in [1.807, 2.05) is 17.0 Å². The van der Waals surface area contributed by atoms with Crippen molar-refractivity contribution in [3.05, 3.63) is 21.3 Å². The van der Waals surface area contributed by atoms with Crippen LogP contribution in [0.2, 0.25) is 0 Å². The lowest BCUT2D eigenvalue weighted by Gasteiger charge is -2.16. The summed E-state index contributed by atoms with van der Waals surface area (Å²) in [5.74, 6) is 1.92. The van der Waals surface area contributed by atoms with Crippen LogP contribution in [0.25, 0.3) is 0 Å². The first kappa shape index (κ1) is 12.1. The Balaban J connectivity index is 1.71. The molecular weight excluding hydrogens is 345 g/mol. The number of carbonyl (C=O) groups excluding carboxylic acids is 1. The molecule has 2 aliphatic heterocycles. The molecule has 0 spiro atoms. The van der Waals surface area contributed by atoms with Crippen molar-refractivity contribution in [3.63, 3.8) is 0 Å². The maximum atomic E-state index is 11.5. The number of hydrogen-bond donors (Lipinski definition) is 0. The van der Waals surface area contributed by atoms with Crippen molar-refractivity contribution in [2.45, 2.75) is 19.3 Å². The Hall–Kier alpha value is -0.980. The lowest BCUT2D eigenvalue weighted by atomic mass is 10.1. The van der Waals surface area contributed by atoms with E-state index in [9.17, 15) is 4.79 Å². The van der Waals surface area contributed by atoms with Gasteiger partial charge in [-0.15, -0.1) is 0 Å². The largest absolute Gasteiger partial charge is 0.454 e. The van der Waals surface area contributed by atoms with Gasteiger partial charge in [0, 0.05) is 23.1 Å². The molecule has 0 radical (unpaired) electrons. The van der Waals surface area contributed by atoms with E-state index in [2.05, 4.69) is 22.6 Å². The Labute approximate surface area is 119 Å². The van der Waals surface area contributed by atoms with Gasteiger partial charge in [0.1, 0.15) is 0 Å². The summed E-state index contributed by atoms with van der Waals surface area (Å²) in [6.45, 7) is 2.01. The first-order chi connectivity index (χ1) is 8.74. The van der Waals surface area contributed by atoms with Gasteiger partial charge in [-0.1, -0.05) is 0 Å². The molecule has 1 amide bonds. The molecular formula is C13H14INO3. The van der Waals surface area contributed by atoms with E-state index in [0.717, 1.165) is 37.4 Å². The number of nitrogens with zero attached hydrogens (tertiary/aromatic N) is 1. The topological polar surface area (TPSA) is 38.8 Å². The van der Waals surface area contributed by atoms with Crippen molar-refractivity contribution in [1.29, 1.82) is 0 Å². The third kappa shape index (κ3) is 2.28. The second-order valence-corrected chi connectivity index (χ2v) is 5.69. The van der Waals surface area contributed by atoms with E-state index >= 15 is 0 Å². The van der Waals surface area contributed by atoms with Crippen LogP contribution in [-0.2, 0) is 11.2 Å². The first-order valence-electron chi connectivity index (χ1n) is 6.10. The number of amides is 1. The van der Waals surface area contributed by atoms with Gasteiger partial charge in [-0.05, 0) is 53.1 Å². The molecule has 4 nitrogen and oxygen atoms in total. The molecule has 1 aromatic carbocycles. The second-order valence-electron chi connectivity index (χ2n) is 4.53. The fourth-order valence-electron chi connectivity index (χ4n) is 2.35. The third-order valence-electron chi connectivity index (χ3n) is 3.36. The SMILES string of the molecule is O=C1CCCN1CCc1cc2c(cc1I)OCO2. The average molecular weight is 359 g/mol. The molecule has 0 aromatic heterocycles. The Morgan fingerprint density at radius 3 is 2.78 bits per heavy atom. The van der Waals surface area contributed by atoms with Crippen LogP contribution in [0, 0.1) is 3.57 Å². The molecule has 0 bridgehead atoms. The normalized spacial score (nSPS) is 17.6. The van der Waals surface area contributed by atoms with Crippen LogP contribution in [0.15, 0.2) is 12.1 Å². The molecule has 5 heteroatoms. The lowest BCUT2D eigenvalue weighted by Crippen LogP contribution is -2.27. The van der Waals surface area contributed by atoms with Crippen LogP contribution < -0.4 is 9.47 Å². The van der Waals surface area contributed by atoms with Crippen LogP contribution in [0.5, 0.6) is 11.5 Å². The molecule has 0 aliphatic carbocycles. The predicted molar refractivity (Wildman–Crippen MR) is 74.8 cm³/mol. The smallest absolute Gasteiger partial charge is 0.231 e. The highest BCUT2D eigenvalue weighted by Gasteiger charge is 2.21. The van der Waals surface area contributed by atoms with Crippen molar-refractivity contribution in [2.75, 3.05) is 19.9 Å². The molecule has 2 heterocycles. The van der Waals surface area contributed by atoms with Gasteiger partial charge in [0.2, 0.25) is 12.7 Å². The molecule has 0 N–H and O–H groups in total. The lowest BCUT2D eigenvalue weighted by molar-refractivity contribution is -0.127. The highest BCUT2D eigenvalue weighted by atomic mass is 127. The Morgan fingerprint density at radius 1 is 1.28 bits per heavy atom. The second kappa shape index (κ2) is 4.95. The van der Waals surface area contributed by atoms with Gasteiger partial charge in [0.15, 0.2) is 11.5 Å². The zero-order chi connectivity index (χ0) is 12.5. The van der Waals surface area contributed by atoms with E-state index in [0.29, 0.717) is 13.2 Å². The number of fused-ring (bicyclic) bond motifs is 1. The van der Waals surface area contributed by atoms with Crippen molar-refractivity contribution >= 4 is 28.5 Å². The zero-order valence-corrected chi connectivity index (χ0v) is 12.1. The monoisotopic (exact) mass is 359 g/mol. The number of carbonyl (C=O) groups is 1. The van der Waals surface area contributed by atoms with E-state index < -0.39 is 0 Å². The number of ether oxygens (including phenoxy) is 2. The summed E-state index contributed by atoms with van der Waals surface area (Å²) in [6.07, 6.45) is 2.58. The molecule has 1 fully saturated rings. The number of rotatable bonds is 3. The van der Waals surface area contributed by atoms with Gasteiger partial charge < -0.3 is 14.4 Å². The Kier molecular flexibility index (Phi) is 3.32. The summed E-state index contributed by atoms with van der Waals surface area (Å²) in [6, 6.07) is 4.04. The average Bonchev–Trinajstić information content (AvgIpc) is 2.95. The van der Waals surface area contributed by atoms with E-state index in [-0.39, 0.29) is 5.91 Å². The van der Waals surface area contributed by atoms with Crippen LogP contribution in [0.1, 0.15) is 18.4 Å². The summed E-state index contributed by atoms with van der Waals surface area (Å²) in [5.41, 5.74) is 1.22. The number of benzene rings is 1. The molecule has 0 unspecified atom stereocenters. The minimum Gasteiger partial charge on any atom is -0.454 e. The summed E-state index contributed by atoms with van der Waals surface area (Å²) in [5, 5.41) is 0. The van der Waals surface area contributed by atoms with E-state index in [1.54, 1.807) is 0 Å². The summed E-state index contributed by atoms with van der Waals surface area (Å²) < 4.78 is 11.9. The highest BCUT2D eigenvalue weighted by Crippen LogP contribution is 2.35. The molecule has 0 atom stereocenters. The third-order valence-corrected chi connectivity index (χ3v) is 4.37. The zero-order valence-electron chi connectivity index (χ0n) is 9.95. The van der Waals surface area contributed by atoms with Gasteiger partial charge in [-0.25, -0.2) is 0 Å². The first-order valence-corrected chi connectivity index (χ1v) is 7.18. The van der Waals surface area contributed by atoms with Gasteiger partial charge >= 0.3 is 0 Å². The van der Waals surface area contributed by atoms with Gasteiger partial charge in [-0.2, -0.15) is 0 Å². The number of likely N-dealkylation sites (tertiary alicyclic amines) is 1. The number of halogens is 1. The van der Waals surface area contributed by atoms with Crippen LogP contribution in [-0.4, -0.2) is 30.7 Å². The molecule has 0 saturated carbocycles. The van der Waals surface area contributed by atoms with Gasteiger partial charge in [-0.3, -0.25) is 4.79 Å². The van der Waals surface area contributed by atoms with Crippen LogP contribution in [0.4, 0.5) is 0 Å². The fraction of sp³-hybridized carbons (Fsp3) is 0.462. The van der Waals surface area contributed by atoms with Crippen molar-refractivity contribution in [2.24, 2.45) is 0 Å². The summed E-state index contributed by atoms with van der Waals surface area (Å²) in [4.78, 5) is 13.5. The standard InChI is InChI=1S/C13H14INO3/c14-10-7-12-11(17-8-18-12)6-9(10)3-5-15-4-1-2-13(15)16/h6-7H,1-5,8H2. The van der Waals surface area contributed by atoms with Gasteiger partial charge in [0.25, 0.3) is 0 Å². The minimum atomic E-state index is 0.283. The number of hydrogen-bond acceptors (Lipinski definition) is 3. The quantitative estimate of drug-likeness (QED) is 0.777. The maximum Gasteiger partial charge on any atom is 0.231 e. The molecule has 2 aliphatic rings. The van der Waals surface area contributed by atoms with Crippen molar-refractivity contribution in [3.8, 4) is 11.5 Å². The minimum absolute atomic E-state index is 0.283. The highest BCUT2D eigenvalue weighted by molar-refractivity contribution is 14.1. The van der Waals surface area contributed by atoms with Crippen LogP contribution >= 0.6 is 22.6 Å². The van der Waals surface area contributed by atoms with E-state index in [1.165, 1.54) is 9.13 Å². The summed E-state index contributed by atoms with van der Waals surface area (Å²) in [7, 11) is 0. The van der Waals surface area contributed by atoms with E-state index in [4.69, 9.17) is 9.47 Å². The predicted octanol–water partition coefficient (Wildman–Crippen LogP) is 2.18. The molecule has 18 heavy (non-hydrogen) atoms. The Bertz CT molecular complexity index is 489. The van der Waals surface area contributed by atoms with Crippen molar-refractivity contribution < 1.29 is 14.3 Å². The van der Waals surface area contributed by atoms with Gasteiger partial charge in [0.05, 0.1) is 0 Å². The fourth-order valence-corrected chi connectivity index (χ4v) is 3.05. The maximum absolute atomic E-state index is 11.5. The summed E-state index contributed by atoms with van der Waals surface area (Å²) >= 11 is 2.31. The molecule has 3 rings (SSSR count). The molecule has 1 aromatic rings. The van der Waals surface area contributed by atoms with Crippen molar-refractivity contribution in [1.82, 2.24) is 4.90 Å².